The van der Waals surface area contributed by atoms with Crippen molar-refractivity contribution in [3.63, 3.8) is 0 Å². The second-order valence-electron chi connectivity index (χ2n) is 5.11. The van der Waals surface area contributed by atoms with Crippen LogP contribution in [-0.4, -0.2) is 4.98 Å². The molecule has 1 N–H and O–H groups in total. The Hall–Kier alpha value is -0.870. The van der Waals surface area contributed by atoms with Crippen molar-refractivity contribution < 1.29 is 0 Å². The van der Waals surface area contributed by atoms with Gasteiger partial charge in [0.15, 0.2) is 5.43 Å². The van der Waals surface area contributed by atoms with E-state index in [1.165, 1.54) is 24.5 Å². The fourth-order valence-corrected chi connectivity index (χ4v) is 3.80. The first-order chi connectivity index (χ1) is 11.8. The summed E-state index contributed by atoms with van der Waals surface area (Å²) >= 11 is 36.7. The van der Waals surface area contributed by atoms with Crippen molar-refractivity contribution in [1.82, 2.24) is 4.98 Å². The zero-order valence-electron chi connectivity index (χ0n) is 12.1. The van der Waals surface area contributed by atoms with Gasteiger partial charge in [0.1, 0.15) is 0 Å². The number of hydrogen-bond donors (Lipinski definition) is 1. The van der Waals surface area contributed by atoms with Crippen molar-refractivity contribution in [2.75, 3.05) is 0 Å². The fourth-order valence-electron chi connectivity index (χ4n) is 2.39. The van der Waals surface area contributed by atoms with Gasteiger partial charge < -0.3 is 4.98 Å². The molecule has 3 aromatic rings. The van der Waals surface area contributed by atoms with Gasteiger partial charge in [0.25, 0.3) is 0 Å². The predicted molar refractivity (Wildman–Crippen MR) is 108 cm³/mol. The standard InChI is InChI=1S/C17H7Cl6NO/c18-7-1-9(15(22)13(20)3-7)11-5-24-6-12(17(11)25)10-2-8(19)4-14(21)16(10)23/h1-6H,(H,24,25). The number of aromatic nitrogens is 1. The zero-order valence-corrected chi connectivity index (χ0v) is 16.7. The zero-order chi connectivity index (χ0) is 18.3. The Kier molecular flexibility index (Phi) is 5.60. The molecule has 0 radical (unpaired) electrons. The minimum atomic E-state index is -0.320. The first kappa shape index (κ1) is 18.9. The van der Waals surface area contributed by atoms with Gasteiger partial charge in [0.2, 0.25) is 0 Å². The number of nitrogens with one attached hydrogen (secondary N) is 1. The van der Waals surface area contributed by atoms with E-state index in [0.29, 0.717) is 32.3 Å². The number of rotatable bonds is 2. The minimum absolute atomic E-state index is 0.226. The molecule has 0 fully saturated rings. The molecule has 2 nitrogen and oxygen atoms in total. The third-order valence-corrected chi connectivity index (χ3v) is 5.55. The molecule has 2 aromatic carbocycles. The van der Waals surface area contributed by atoms with E-state index < -0.39 is 0 Å². The normalized spacial score (nSPS) is 11.0. The Bertz CT molecular complexity index is 965. The lowest BCUT2D eigenvalue weighted by molar-refractivity contribution is 1.30. The Morgan fingerprint density at radius 2 is 1.00 bits per heavy atom. The van der Waals surface area contributed by atoms with Crippen LogP contribution in [0, 0.1) is 0 Å². The largest absolute Gasteiger partial charge is 0.366 e. The highest BCUT2D eigenvalue weighted by atomic mass is 35.5. The third-order valence-electron chi connectivity index (χ3n) is 3.51. The molecule has 0 aliphatic rings. The number of H-pyrrole nitrogens is 1. The van der Waals surface area contributed by atoms with Crippen LogP contribution in [0.4, 0.5) is 0 Å². The van der Waals surface area contributed by atoms with Crippen molar-refractivity contribution in [3.8, 4) is 22.3 Å². The smallest absolute Gasteiger partial charge is 0.197 e. The lowest BCUT2D eigenvalue weighted by Crippen LogP contribution is -2.09. The molecule has 0 spiro atoms. The third kappa shape index (κ3) is 3.66. The molecule has 1 heterocycles. The van der Waals surface area contributed by atoms with Gasteiger partial charge in [0, 0.05) is 44.7 Å². The summed E-state index contributed by atoms with van der Waals surface area (Å²) in [4.78, 5) is 15.9. The highest BCUT2D eigenvalue weighted by molar-refractivity contribution is 6.45. The van der Waals surface area contributed by atoms with Crippen LogP contribution in [0.3, 0.4) is 0 Å². The Labute approximate surface area is 173 Å². The number of aromatic amines is 1. The van der Waals surface area contributed by atoms with Crippen molar-refractivity contribution in [1.29, 1.82) is 0 Å². The molecule has 0 aliphatic heterocycles. The van der Waals surface area contributed by atoms with Gasteiger partial charge in [-0.3, -0.25) is 4.79 Å². The van der Waals surface area contributed by atoms with Gasteiger partial charge in [-0.15, -0.1) is 0 Å². The van der Waals surface area contributed by atoms with E-state index in [0.717, 1.165) is 0 Å². The molecule has 25 heavy (non-hydrogen) atoms. The van der Waals surface area contributed by atoms with Crippen LogP contribution in [0.25, 0.3) is 22.3 Å². The lowest BCUT2D eigenvalue weighted by Gasteiger charge is -2.10. The molecule has 0 aliphatic carbocycles. The summed E-state index contributed by atoms with van der Waals surface area (Å²) in [7, 11) is 0. The van der Waals surface area contributed by atoms with Gasteiger partial charge in [-0.05, 0) is 24.3 Å². The summed E-state index contributed by atoms with van der Waals surface area (Å²) < 4.78 is 0. The van der Waals surface area contributed by atoms with E-state index in [1.807, 2.05) is 0 Å². The van der Waals surface area contributed by atoms with Crippen LogP contribution in [0.15, 0.2) is 41.5 Å². The van der Waals surface area contributed by atoms with Gasteiger partial charge in [-0.2, -0.15) is 0 Å². The van der Waals surface area contributed by atoms with E-state index in [9.17, 15) is 4.79 Å². The predicted octanol–water partition coefficient (Wildman–Crippen LogP) is 7.63. The van der Waals surface area contributed by atoms with Crippen LogP contribution in [-0.2, 0) is 0 Å². The molecular weight excluding hydrogens is 447 g/mol. The van der Waals surface area contributed by atoms with Gasteiger partial charge in [-0.1, -0.05) is 69.6 Å². The quantitative estimate of drug-likeness (QED) is 0.397. The Balaban J connectivity index is 2.30. The second-order valence-corrected chi connectivity index (χ2v) is 7.55. The lowest BCUT2D eigenvalue weighted by atomic mass is 10.0. The summed E-state index contributed by atoms with van der Waals surface area (Å²) in [5.41, 5.74) is 1.08. The molecule has 0 amide bonds. The molecule has 0 unspecified atom stereocenters. The highest BCUT2D eigenvalue weighted by Crippen LogP contribution is 2.38. The topological polar surface area (TPSA) is 32.9 Å². The summed E-state index contributed by atoms with van der Waals surface area (Å²) in [5.74, 6) is 0. The first-order valence-electron chi connectivity index (χ1n) is 6.80. The van der Waals surface area contributed by atoms with Crippen LogP contribution < -0.4 is 5.43 Å². The van der Waals surface area contributed by atoms with Gasteiger partial charge in [0.05, 0.1) is 20.1 Å². The number of halogens is 6. The van der Waals surface area contributed by atoms with Gasteiger partial charge in [-0.25, -0.2) is 0 Å². The fraction of sp³-hybridized carbons (Fsp3) is 0. The molecule has 8 heteroatoms. The molecule has 0 saturated carbocycles. The molecular formula is C17H7Cl6NO. The van der Waals surface area contributed by atoms with E-state index in [1.54, 1.807) is 12.1 Å². The summed E-state index contributed by atoms with van der Waals surface area (Å²) in [6.07, 6.45) is 3.03. The van der Waals surface area contributed by atoms with E-state index >= 15 is 0 Å². The molecule has 0 atom stereocenters. The molecule has 1 aromatic heterocycles. The number of pyridine rings is 1. The molecule has 128 valence electrons. The summed E-state index contributed by atoms with van der Waals surface area (Å²) in [6.45, 7) is 0. The summed E-state index contributed by atoms with van der Waals surface area (Å²) in [6, 6.07) is 6.13. The van der Waals surface area contributed by atoms with Crippen molar-refractivity contribution >= 4 is 69.6 Å². The maximum Gasteiger partial charge on any atom is 0.197 e. The Morgan fingerprint density at radius 1 is 0.600 bits per heavy atom. The SMILES string of the molecule is O=c1c(-c2cc(Cl)cc(Cl)c2Cl)c[nH]cc1-c1cc(Cl)cc(Cl)c1Cl. The van der Waals surface area contributed by atoms with E-state index in [4.69, 9.17) is 69.6 Å². The van der Waals surface area contributed by atoms with Crippen LogP contribution >= 0.6 is 69.6 Å². The number of benzene rings is 2. The maximum atomic E-state index is 13.0. The molecule has 0 saturated heterocycles. The van der Waals surface area contributed by atoms with Crippen molar-refractivity contribution in [2.24, 2.45) is 0 Å². The second kappa shape index (κ2) is 7.40. The molecule has 0 bridgehead atoms. The highest BCUT2D eigenvalue weighted by Gasteiger charge is 2.17. The monoisotopic (exact) mass is 451 g/mol. The van der Waals surface area contributed by atoms with Crippen molar-refractivity contribution in [3.05, 3.63) is 77.0 Å². The van der Waals surface area contributed by atoms with E-state index in [2.05, 4.69) is 4.98 Å². The average molecular weight is 454 g/mol. The molecule has 3 rings (SSSR count). The number of hydrogen-bond acceptors (Lipinski definition) is 1. The Morgan fingerprint density at radius 3 is 1.40 bits per heavy atom. The average Bonchev–Trinajstić information content (AvgIpc) is 2.55. The summed E-state index contributed by atoms with van der Waals surface area (Å²) in [5, 5.41) is 1.67. The first-order valence-corrected chi connectivity index (χ1v) is 9.07. The van der Waals surface area contributed by atoms with Crippen molar-refractivity contribution in [2.45, 2.75) is 0 Å². The van der Waals surface area contributed by atoms with Crippen LogP contribution in [0.1, 0.15) is 0 Å². The van der Waals surface area contributed by atoms with Gasteiger partial charge >= 0.3 is 0 Å². The maximum absolute atomic E-state index is 13.0. The van der Waals surface area contributed by atoms with E-state index in [-0.39, 0.29) is 25.5 Å². The minimum Gasteiger partial charge on any atom is -0.366 e. The van der Waals surface area contributed by atoms with Crippen LogP contribution in [0.2, 0.25) is 30.1 Å². The van der Waals surface area contributed by atoms with Crippen LogP contribution in [0.5, 0.6) is 0 Å².